The first kappa shape index (κ1) is 19.5. The first-order valence-electron chi connectivity index (χ1n) is 10.6. The van der Waals surface area contributed by atoms with Crippen molar-refractivity contribution in [2.75, 3.05) is 6.61 Å². The van der Waals surface area contributed by atoms with E-state index in [2.05, 4.69) is 55.1 Å². The maximum atomic E-state index is 9.36. The lowest BCUT2D eigenvalue weighted by atomic mass is 9.99. The molecule has 2 aromatic heterocycles. The maximum Gasteiger partial charge on any atom is 0.0887 e. The van der Waals surface area contributed by atoms with Crippen molar-refractivity contribution in [1.82, 2.24) is 9.97 Å². The van der Waals surface area contributed by atoms with Gasteiger partial charge in [-0.3, -0.25) is 9.97 Å². The number of fused-ring (bicyclic) bond motifs is 4. The van der Waals surface area contributed by atoms with Crippen molar-refractivity contribution in [3.05, 3.63) is 84.4 Å². The lowest BCUT2D eigenvalue weighted by Gasteiger charge is -2.08. The Kier molecular flexibility index (Phi) is 5.00. The minimum absolute atomic E-state index is 0.193. The van der Waals surface area contributed by atoms with Crippen LogP contribution in [0.5, 0.6) is 0 Å². The van der Waals surface area contributed by atoms with Gasteiger partial charge in [0, 0.05) is 29.5 Å². The smallest absolute Gasteiger partial charge is 0.0887 e. The number of nitrogens with zero attached hydrogens (tertiary/aromatic N) is 2. The van der Waals surface area contributed by atoms with E-state index in [-0.39, 0.29) is 5.76 Å². The fourth-order valence-electron chi connectivity index (χ4n) is 4.03. The molecule has 4 heteroatoms. The molecule has 154 valence electrons. The fourth-order valence-corrected chi connectivity index (χ4v) is 4.03. The van der Waals surface area contributed by atoms with Crippen LogP contribution in [0.2, 0.25) is 0 Å². The van der Waals surface area contributed by atoms with Crippen LogP contribution in [0, 0.1) is 0 Å². The third-order valence-electron chi connectivity index (χ3n) is 5.65. The number of aromatic nitrogens is 2. The average Bonchev–Trinajstić information content (AvgIpc) is 2.77. The minimum Gasteiger partial charge on any atom is -0.513 e. The zero-order valence-electron chi connectivity index (χ0n) is 17.6. The van der Waals surface area contributed by atoms with Gasteiger partial charge in [-0.1, -0.05) is 18.7 Å². The molecule has 0 saturated carbocycles. The number of rotatable bonds is 6. The molecule has 0 bridgehead atoms. The van der Waals surface area contributed by atoms with Gasteiger partial charge in [-0.2, -0.15) is 0 Å². The molecular weight excluding hydrogens is 384 g/mol. The van der Waals surface area contributed by atoms with Gasteiger partial charge in [-0.25, -0.2) is 0 Å². The van der Waals surface area contributed by atoms with E-state index >= 15 is 0 Å². The maximum absolute atomic E-state index is 9.36. The summed E-state index contributed by atoms with van der Waals surface area (Å²) >= 11 is 0. The predicted octanol–water partition coefficient (Wildman–Crippen LogP) is 6.63. The van der Waals surface area contributed by atoms with E-state index in [1.165, 1.54) is 16.2 Å². The first-order valence-corrected chi connectivity index (χ1v) is 10.6. The second-order valence-corrected chi connectivity index (χ2v) is 7.94. The number of allylic oxidation sites excluding steroid dienone is 1. The Hall–Kier alpha value is -3.50. The van der Waals surface area contributed by atoms with E-state index in [0.717, 1.165) is 38.6 Å². The van der Waals surface area contributed by atoms with Crippen LogP contribution in [-0.4, -0.2) is 21.7 Å². The monoisotopic (exact) mass is 408 g/mol. The van der Waals surface area contributed by atoms with Crippen molar-refractivity contribution in [3.63, 3.8) is 0 Å². The second kappa shape index (κ2) is 7.97. The molecule has 3 aromatic carbocycles. The zero-order valence-corrected chi connectivity index (χ0v) is 17.6. The SMILES string of the molecule is C=C(O)CCc1ccc2cc3cc4cc5nc(COCC)ccc5cc4cc3cc2n1. The zero-order chi connectivity index (χ0) is 21.4. The largest absolute Gasteiger partial charge is 0.513 e. The fraction of sp³-hybridized carbons (Fsp3) is 0.185. The summed E-state index contributed by atoms with van der Waals surface area (Å²) in [6.07, 6.45) is 1.22. The molecule has 1 N–H and O–H groups in total. The van der Waals surface area contributed by atoms with E-state index in [9.17, 15) is 5.11 Å². The molecule has 0 fully saturated rings. The minimum atomic E-state index is 0.193. The summed E-state index contributed by atoms with van der Waals surface area (Å²) < 4.78 is 5.50. The van der Waals surface area contributed by atoms with Crippen LogP contribution in [0.3, 0.4) is 0 Å². The number of aryl methyl sites for hydroxylation is 1. The standard InChI is InChI=1S/C27H24N2O2/c1-3-31-16-25-9-6-19-11-21-12-22-14-26-18(5-8-24(28-26)7-4-17(2)30)10-20(22)13-23(21)15-27(19)29-25/h5-6,8-15,30H,2-4,7,16H2,1H3. The Labute approximate surface area is 180 Å². The predicted molar refractivity (Wildman–Crippen MR) is 127 cm³/mol. The lowest BCUT2D eigenvalue weighted by molar-refractivity contribution is 0.131. The van der Waals surface area contributed by atoms with Gasteiger partial charge >= 0.3 is 0 Å². The number of ether oxygens (including phenoxy) is 1. The van der Waals surface area contributed by atoms with Crippen LogP contribution < -0.4 is 0 Å². The normalized spacial score (nSPS) is 11.6. The molecule has 0 atom stereocenters. The van der Waals surface area contributed by atoms with E-state index in [1.54, 1.807) is 0 Å². The lowest BCUT2D eigenvalue weighted by Crippen LogP contribution is -1.95. The van der Waals surface area contributed by atoms with E-state index in [4.69, 9.17) is 14.7 Å². The molecule has 5 aromatic rings. The average molecular weight is 409 g/mol. The molecule has 5 rings (SSSR count). The van der Waals surface area contributed by atoms with Gasteiger partial charge in [-0.05, 0) is 83.4 Å². The summed E-state index contributed by atoms with van der Waals surface area (Å²) in [4.78, 5) is 9.56. The molecule has 2 heterocycles. The van der Waals surface area contributed by atoms with E-state index in [0.29, 0.717) is 26.1 Å². The van der Waals surface area contributed by atoms with Crippen LogP contribution in [0.25, 0.3) is 43.4 Å². The summed E-state index contributed by atoms with van der Waals surface area (Å²) in [5, 5.41) is 16.3. The van der Waals surface area contributed by atoms with Gasteiger partial charge in [-0.15, -0.1) is 0 Å². The topological polar surface area (TPSA) is 55.2 Å². The van der Waals surface area contributed by atoms with Gasteiger partial charge in [0.15, 0.2) is 0 Å². The van der Waals surface area contributed by atoms with Crippen molar-refractivity contribution < 1.29 is 9.84 Å². The van der Waals surface area contributed by atoms with Crippen LogP contribution in [0.4, 0.5) is 0 Å². The van der Waals surface area contributed by atoms with Crippen LogP contribution in [0.1, 0.15) is 24.7 Å². The number of benzene rings is 3. The van der Waals surface area contributed by atoms with Crippen LogP contribution in [0.15, 0.2) is 73.0 Å². The highest BCUT2D eigenvalue weighted by atomic mass is 16.5. The molecule has 0 saturated heterocycles. The summed E-state index contributed by atoms with van der Waals surface area (Å²) in [7, 11) is 0. The highest BCUT2D eigenvalue weighted by molar-refractivity contribution is 6.07. The molecule has 0 aliphatic heterocycles. The number of pyridine rings is 2. The molecule has 0 amide bonds. The van der Waals surface area contributed by atoms with Gasteiger partial charge < -0.3 is 9.84 Å². The van der Waals surface area contributed by atoms with E-state index < -0.39 is 0 Å². The molecule has 31 heavy (non-hydrogen) atoms. The molecular formula is C27H24N2O2. The Morgan fingerprint density at radius 1 is 0.774 bits per heavy atom. The van der Waals surface area contributed by atoms with E-state index in [1.807, 2.05) is 19.1 Å². The van der Waals surface area contributed by atoms with Gasteiger partial charge in [0.1, 0.15) is 0 Å². The summed E-state index contributed by atoms with van der Waals surface area (Å²) in [5.41, 5.74) is 3.87. The summed E-state index contributed by atoms with van der Waals surface area (Å²) in [6, 6.07) is 21.4. The first-order chi connectivity index (χ1) is 15.1. The van der Waals surface area contributed by atoms with Crippen molar-refractivity contribution in [2.24, 2.45) is 0 Å². The highest BCUT2D eigenvalue weighted by Crippen LogP contribution is 2.29. The second-order valence-electron chi connectivity index (χ2n) is 7.94. The molecule has 0 unspecified atom stereocenters. The quantitative estimate of drug-likeness (QED) is 0.253. The third-order valence-corrected chi connectivity index (χ3v) is 5.65. The summed E-state index contributed by atoms with van der Waals surface area (Å²) in [6.45, 7) is 6.77. The Bertz CT molecular complexity index is 1460. The molecule has 0 aliphatic carbocycles. The molecule has 4 nitrogen and oxygen atoms in total. The van der Waals surface area contributed by atoms with Crippen LogP contribution in [-0.2, 0) is 17.8 Å². The number of hydrogen-bond acceptors (Lipinski definition) is 4. The molecule has 0 radical (unpaired) electrons. The third kappa shape index (κ3) is 3.94. The van der Waals surface area contributed by atoms with Crippen LogP contribution >= 0.6 is 0 Å². The number of aliphatic hydroxyl groups is 1. The van der Waals surface area contributed by atoms with Gasteiger partial charge in [0.05, 0.1) is 29.1 Å². The summed E-state index contributed by atoms with van der Waals surface area (Å²) in [5.74, 6) is 0.193. The number of aliphatic hydroxyl groups excluding tert-OH is 1. The van der Waals surface area contributed by atoms with Crippen molar-refractivity contribution >= 4 is 43.4 Å². The molecule has 0 aliphatic rings. The molecule has 0 spiro atoms. The number of hydrogen-bond donors (Lipinski definition) is 1. The van der Waals surface area contributed by atoms with Gasteiger partial charge in [0.2, 0.25) is 0 Å². The Morgan fingerprint density at radius 2 is 1.29 bits per heavy atom. The Balaban J connectivity index is 1.60. The van der Waals surface area contributed by atoms with Crippen molar-refractivity contribution in [3.8, 4) is 0 Å². The Morgan fingerprint density at radius 3 is 1.87 bits per heavy atom. The van der Waals surface area contributed by atoms with Crippen molar-refractivity contribution in [1.29, 1.82) is 0 Å². The highest BCUT2D eigenvalue weighted by Gasteiger charge is 2.07. The van der Waals surface area contributed by atoms with Gasteiger partial charge in [0.25, 0.3) is 0 Å². The van der Waals surface area contributed by atoms with Crippen molar-refractivity contribution in [2.45, 2.75) is 26.4 Å².